The van der Waals surface area contributed by atoms with Gasteiger partial charge in [-0.1, -0.05) is 13.8 Å². The molecule has 1 fully saturated rings. The summed E-state index contributed by atoms with van der Waals surface area (Å²) in [6.45, 7) is 5.48. The molecule has 0 bridgehead atoms. The summed E-state index contributed by atoms with van der Waals surface area (Å²) < 4.78 is 0. The number of nitrogens with two attached hydrogens (primary N) is 1. The lowest BCUT2D eigenvalue weighted by atomic mass is 10.1. The summed E-state index contributed by atoms with van der Waals surface area (Å²) >= 11 is 1.56. The lowest BCUT2D eigenvalue weighted by molar-refractivity contribution is 0.0833. The zero-order valence-corrected chi connectivity index (χ0v) is 14.6. The molecule has 2 rings (SSSR count). The van der Waals surface area contributed by atoms with Crippen molar-refractivity contribution in [3.63, 3.8) is 0 Å². The maximum Gasteiger partial charge on any atom is 0.265 e. The average molecular weight is 309 g/mol. The van der Waals surface area contributed by atoms with Gasteiger partial charge in [0.15, 0.2) is 0 Å². The SMILES string of the molecule is CC(C)CCN(C)c1sc(C(=O)N(C)C)c(N)c1C1CC1. The molecule has 1 aromatic rings. The van der Waals surface area contributed by atoms with Crippen LogP contribution in [-0.4, -0.2) is 38.5 Å². The molecule has 1 saturated carbocycles. The summed E-state index contributed by atoms with van der Waals surface area (Å²) in [5.74, 6) is 1.25. The average Bonchev–Trinajstić information content (AvgIpc) is 3.18. The molecule has 0 aliphatic heterocycles. The van der Waals surface area contributed by atoms with Crippen molar-refractivity contribution < 1.29 is 4.79 Å². The first-order valence-corrected chi connectivity index (χ1v) is 8.49. The van der Waals surface area contributed by atoms with Crippen molar-refractivity contribution in [2.75, 3.05) is 38.3 Å². The number of nitrogen functional groups attached to an aromatic ring is 1. The largest absolute Gasteiger partial charge is 0.397 e. The molecule has 5 heteroatoms. The number of thiophene rings is 1. The van der Waals surface area contributed by atoms with Crippen LogP contribution in [0.25, 0.3) is 0 Å². The number of amides is 1. The molecular weight excluding hydrogens is 282 g/mol. The Morgan fingerprint density at radius 1 is 1.33 bits per heavy atom. The number of anilines is 2. The Labute approximate surface area is 131 Å². The highest BCUT2D eigenvalue weighted by molar-refractivity contribution is 7.18. The summed E-state index contributed by atoms with van der Waals surface area (Å²) in [5.41, 5.74) is 8.25. The topological polar surface area (TPSA) is 49.6 Å². The number of carbonyl (C=O) groups excluding carboxylic acids is 1. The van der Waals surface area contributed by atoms with Crippen LogP contribution in [-0.2, 0) is 0 Å². The van der Waals surface area contributed by atoms with Crippen molar-refractivity contribution in [1.29, 1.82) is 0 Å². The minimum absolute atomic E-state index is 0.0166. The highest BCUT2D eigenvalue weighted by Crippen LogP contribution is 2.52. The van der Waals surface area contributed by atoms with Crippen LogP contribution >= 0.6 is 11.3 Å². The van der Waals surface area contributed by atoms with Gasteiger partial charge >= 0.3 is 0 Å². The molecule has 0 radical (unpaired) electrons. The summed E-state index contributed by atoms with van der Waals surface area (Å²) in [6, 6.07) is 0. The lowest BCUT2D eigenvalue weighted by Crippen LogP contribution is -2.21. The maximum absolute atomic E-state index is 12.3. The van der Waals surface area contributed by atoms with Crippen LogP contribution in [0.4, 0.5) is 10.7 Å². The van der Waals surface area contributed by atoms with Gasteiger partial charge in [-0.05, 0) is 31.1 Å². The van der Waals surface area contributed by atoms with Crippen LogP contribution < -0.4 is 10.6 Å². The number of hydrogen-bond donors (Lipinski definition) is 1. The first kappa shape index (κ1) is 16.1. The van der Waals surface area contributed by atoms with E-state index in [0.29, 0.717) is 22.4 Å². The van der Waals surface area contributed by atoms with Gasteiger partial charge in [0.25, 0.3) is 5.91 Å². The predicted octanol–water partition coefficient (Wildman–Crippen LogP) is 3.39. The van der Waals surface area contributed by atoms with Gasteiger partial charge < -0.3 is 15.5 Å². The normalized spacial score (nSPS) is 14.6. The molecule has 2 N–H and O–H groups in total. The van der Waals surface area contributed by atoms with E-state index < -0.39 is 0 Å². The fourth-order valence-electron chi connectivity index (χ4n) is 2.41. The molecule has 0 saturated heterocycles. The van der Waals surface area contributed by atoms with Gasteiger partial charge in [-0.2, -0.15) is 0 Å². The Bertz CT molecular complexity index is 518. The number of carbonyl (C=O) groups is 1. The van der Waals surface area contributed by atoms with E-state index in [-0.39, 0.29) is 5.91 Å². The van der Waals surface area contributed by atoms with E-state index in [1.807, 2.05) is 0 Å². The molecule has 0 unspecified atom stereocenters. The minimum atomic E-state index is 0.0166. The van der Waals surface area contributed by atoms with Crippen molar-refractivity contribution in [3.05, 3.63) is 10.4 Å². The van der Waals surface area contributed by atoms with E-state index in [9.17, 15) is 4.79 Å². The van der Waals surface area contributed by atoms with E-state index in [0.717, 1.165) is 13.0 Å². The molecule has 0 atom stereocenters. The molecule has 0 aromatic carbocycles. The zero-order chi connectivity index (χ0) is 15.7. The second-order valence-corrected chi connectivity index (χ2v) is 7.64. The minimum Gasteiger partial charge on any atom is -0.397 e. The fourth-order valence-corrected chi connectivity index (χ4v) is 3.73. The second-order valence-electron chi connectivity index (χ2n) is 6.64. The molecule has 118 valence electrons. The number of hydrogen-bond acceptors (Lipinski definition) is 4. The summed E-state index contributed by atoms with van der Waals surface area (Å²) in [7, 11) is 5.67. The van der Waals surface area contributed by atoms with Crippen LogP contribution in [0.3, 0.4) is 0 Å². The van der Waals surface area contributed by atoms with Gasteiger partial charge in [-0.15, -0.1) is 11.3 Å². The fraction of sp³-hybridized carbons (Fsp3) is 0.688. The Hall–Kier alpha value is -1.23. The third-order valence-electron chi connectivity index (χ3n) is 3.94. The Balaban J connectivity index is 2.31. The highest BCUT2D eigenvalue weighted by atomic mass is 32.1. The van der Waals surface area contributed by atoms with Crippen LogP contribution in [0.1, 0.15) is 54.3 Å². The Morgan fingerprint density at radius 3 is 2.43 bits per heavy atom. The van der Waals surface area contributed by atoms with Gasteiger partial charge in [-0.3, -0.25) is 4.79 Å². The van der Waals surface area contributed by atoms with Crippen LogP contribution in [0.15, 0.2) is 0 Å². The third-order valence-corrected chi connectivity index (χ3v) is 5.26. The smallest absolute Gasteiger partial charge is 0.265 e. The monoisotopic (exact) mass is 309 g/mol. The van der Waals surface area contributed by atoms with Gasteiger partial charge in [0.2, 0.25) is 0 Å². The van der Waals surface area contributed by atoms with Gasteiger partial charge in [0.05, 0.1) is 10.7 Å². The predicted molar refractivity (Wildman–Crippen MR) is 91.4 cm³/mol. The molecule has 1 amide bonds. The standard InChI is InChI=1S/C16H27N3OS/c1-10(2)8-9-19(5)16-12(11-6-7-11)13(17)14(21-16)15(20)18(3)4/h10-11H,6-9,17H2,1-5H3. The van der Waals surface area contributed by atoms with Gasteiger partial charge in [0, 0.05) is 33.3 Å². The summed E-state index contributed by atoms with van der Waals surface area (Å²) in [4.78, 5) is 16.9. The zero-order valence-electron chi connectivity index (χ0n) is 13.8. The van der Waals surface area contributed by atoms with Crippen LogP contribution in [0, 0.1) is 5.92 Å². The van der Waals surface area contributed by atoms with E-state index in [2.05, 4.69) is 25.8 Å². The van der Waals surface area contributed by atoms with E-state index in [1.165, 1.54) is 23.4 Å². The first-order valence-electron chi connectivity index (χ1n) is 7.67. The molecule has 4 nitrogen and oxygen atoms in total. The van der Waals surface area contributed by atoms with Crippen molar-refractivity contribution >= 4 is 27.9 Å². The summed E-state index contributed by atoms with van der Waals surface area (Å²) in [5, 5.41) is 1.20. The number of nitrogens with zero attached hydrogens (tertiary/aromatic N) is 2. The maximum atomic E-state index is 12.3. The van der Waals surface area contributed by atoms with Crippen LogP contribution in [0.5, 0.6) is 0 Å². The molecule has 1 aromatic heterocycles. The van der Waals surface area contributed by atoms with Crippen molar-refractivity contribution in [1.82, 2.24) is 4.90 Å². The molecule has 1 aliphatic rings. The first-order chi connectivity index (χ1) is 9.82. The third kappa shape index (κ3) is 3.51. The van der Waals surface area contributed by atoms with E-state index in [4.69, 9.17) is 5.73 Å². The lowest BCUT2D eigenvalue weighted by Gasteiger charge is -2.20. The van der Waals surface area contributed by atoms with Crippen molar-refractivity contribution in [2.24, 2.45) is 5.92 Å². The molecule has 0 spiro atoms. The van der Waals surface area contributed by atoms with Crippen molar-refractivity contribution in [3.8, 4) is 0 Å². The van der Waals surface area contributed by atoms with Crippen LogP contribution in [0.2, 0.25) is 0 Å². The van der Waals surface area contributed by atoms with E-state index >= 15 is 0 Å². The van der Waals surface area contributed by atoms with Gasteiger partial charge in [0.1, 0.15) is 4.88 Å². The van der Waals surface area contributed by atoms with E-state index in [1.54, 1.807) is 30.3 Å². The van der Waals surface area contributed by atoms with Gasteiger partial charge in [-0.25, -0.2) is 0 Å². The summed E-state index contributed by atoms with van der Waals surface area (Å²) in [6.07, 6.45) is 3.54. The van der Waals surface area contributed by atoms with Crippen molar-refractivity contribution in [2.45, 2.75) is 39.0 Å². The second kappa shape index (κ2) is 6.26. The molecule has 1 aliphatic carbocycles. The highest BCUT2D eigenvalue weighted by Gasteiger charge is 2.34. The molecular formula is C16H27N3OS. The number of rotatable bonds is 6. The Kier molecular flexibility index (Phi) is 4.81. The molecule has 1 heterocycles. The molecule has 21 heavy (non-hydrogen) atoms. The quantitative estimate of drug-likeness (QED) is 0.876. The Morgan fingerprint density at radius 2 is 1.95 bits per heavy atom.